The summed E-state index contributed by atoms with van der Waals surface area (Å²) in [5.41, 5.74) is 1.04. The van der Waals surface area contributed by atoms with Crippen molar-refractivity contribution in [2.24, 2.45) is 5.92 Å². The molecule has 3 N–H and O–H groups in total. The molecule has 1 aromatic rings. The lowest BCUT2D eigenvalue weighted by Crippen LogP contribution is -2.55. The number of nitrogens with zero attached hydrogens (tertiary/aromatic N) is 1. The molecule has 0 aliphatic carbocycles. The van der Waals surface area contributed by atoms with Gasteiger partial charge in [-0.3, -0.25) is 19.2 Å². The van der Waals surface area contributed by atoms with Crippen molar-refractivity contribution in [2.45, 2.75) is 58.5 Å². The first-order valence-electron chi connectivity index (χ1n) is 11.3. The topological polar surface area (TPSA) is 108 Å². The molecule has 0 aromatic heterocycles. The maximum atomic E-state index is 12.8. The van der Waals surface area contributed by atoms with Gasteiger partial charge in [0.2, 0.25) is 17.6 Å². The number of hydrogen-bond donors (Lipinski definition) is 3. The van der Waals surface area contributed by atoms with Gasteiger partial charge in [0.15, 0.2) is 0 Å². The van der Waals surface area contributed by atoms with E-state index in [-0.39, 0.29) is 24.7 Å². The summed E-state index contributed by atoms with van der Waals surface area (Å²) in [6.07, 6.45) is 1.83. The molecule has 2 atom stereocenters. The van der Waals surface area contributed by atoms with Gasteiger partial charge in [-0.1, -0.05) is 51.1 Å². The third-order valence-corrected chi connectivity index (χ3v) is 5.08. The third kappa shape index (κ3) is 10.0. The number of ketones is 1. The van der Waals surface area contributed by atoms with Gasteiger partial charge in [-0.2, -0.15) is 0 Å². The Morgan fingerprint density at radius 3 is 2.22 bits per heavy atom. The van der Waals surface area contributed by atoms with Crippen molar-refractivity contribution in [1.29, 1.82) is 0 Å². The standard InChI is InChI=1S/C24H38N4O4/c1-6-19(22(30)24(32)25-15-10-16-28(4)5)26-23(31)21(17(2)3)27-20(29)14-13-18-11-8-7-9-12-18/h7-9,11-12,17,19,21H,6,10,13-16H2,1-5H3,(H,25,32)(H,26,31)(H,27,29)/t19-,21-/m0/s1. The Balaban J connectivity index is 2.60. The molecule has 178 valence electrons. The number of carbonyl (C=O) groups is 4. The summed E-state index contributed by atoms with van der Waals surface area (Å²) in [7, 11) is 3.86. The first-order chi connectivity index (χ1) is 15.1. The summed E-state index contributed by atoms with van der Waals surface area (Å²) in [5, 5.41) is 8.02. The Morgan fingerprint density at radius 2 is 1.66 bits per heavy atom. The largest absolute Gasteiger partial charge is 0.349 e. The summed E-state index contributed by atoms with van der Waals surface area (Å²) in [4.78, 5) is 51.9. The number of Topliss-reactive ketones (excluding diaryl/α,β-unsaturated/α-hetero) is 1. The Labute approximate surface area is 191 Å². The van der Waals surface area contributed by atoms with Crippen LogP contribution in [0.1, 0.15) is 45.6 Å². The van der Waals surface area contributed by atoms with Crippen LogP contribution in [0, 0.1) is 5.92 Å². The maximum Gasteiger partial charge on any atom is 0.289 e. The van der Waals surface area contributed by atoms with Gasteiger partial charge in [0, 0.05) is 13.0 Å². The maximum absolute atomic E-state index is 12.8. The molecular weight excluding hydrogens is 408 g/mol. The third-order valence-electron chi connectivity index (χ3n) is 5.08. The molecule has 1 rings (SSSR count). The van der Waals surface area contributed by atoms with Crippen LogP contribution >= 0.6 is 0 Å². The second-order valence-electron chi connectivity index (χ2n) is 8.52. The van der Waals surface area contributed by atoms with E-state index >= 15 is 0 Å². The molecule has 32 heavy (non-hydrogen) atoms. The average molecular weight is 447 g/mol. The lowest BCUT2D eigenvalue weighted by molar-refractivity contribution is -0.140. The SMILES string of the molecule is CC[C@H](NC(=O)[C@@H](NC(=O)CCc1ccccc1)C(C)C)C(=O)C(=O)NCCCN(C)C. The fourth-order valence-electron chi connectivity index (χ4n) is 3.14. The van der Waals surface area contributed by atoms with Crippen LogP contribution in [0.25, 0.3) is 0 Å². The average Bonchev–Trinajstić information content (AvgIpc) is 2.76. The van der Waals surface area contributed by atoms with Gasteiger partial charge in [0.05, 0.1) is 6.04 Å². The van der Waals surface area contributed by atoms with E-state index in [4.69, 9.17) is 0 Å². The summed E-state index contributed by atoms with van der Waals surface area (Å²) < 4.78 is 0. The number of aryl methyl sites for hydroxylation is 1. The molecule has 8 nitrogen and oxygen atoms in total. The van der Waals surface area contributed by atoms with E-state index in [0.29, 0.717) is 13.0 Å². The van der Waals surface area contributed by atoms with Crippen LogP contribution in [0.15, 0.2) is 30.3 Å². The van der Waals surface area contributed by atoms with Crippen LogP contribution in [-0.2, 0) is 25.6 Å². The highest BCUT2D eigenvalue weighted by Crippen LogP contribution is 2.07. The molecule has 0 unspecified atom stereocenters. The molecule has 0 aliphatic rings. The zero-order valence-corrected chi connectivity index (χ0v) is 19.9. The number of hydrogen-bond acceptors (Lipinski definition) is 5. The van der Waals surface area contributed by atoms with Crippen molar-refractivity contribution < 1.29 is 19.2 Å². The Bertz CT molecular complexity index is 750. The number of nitrogens with one attached hydrogen (secondary N) is 3. The van der Waals surface area contributed by atoms with Gasteiger partial charge in [-0.25, -0.2) is 0 Å². The minimum atomic E-state index is -0.932. The van der Waals surface area contributed by atoms with E-state index in [1.807, 2.05) is 63.2 Å². The highest BCUT2D eigenvalue weighted by molar-refractivity contribution is 6.38. The molecule has 1 aromatic carbocycles. The highest BCUT2D eigenvalue weighted by atomic mass is 16.2. The normalized spacial score (nSPS) is 12.8. The summed E-state index contributed by atoms with van der Waals surface area (Å²) in [6.45, 7) is 6.55. The smallest absolute Gasteiger partial charge is 0.289 e. The predicted octanol–water partition coefficient (Wildman–Crippen LogP) is 1.29. The first kappa shape index (κ1) is 27.3. The lowest BCUT2D eigenvalue weighted by Gasteiger charge is -2.24. The molecule has 8 heteroatoms. The van der Waals surface area contributed by atoms with Crippen LogP contribution in [-0.4, -0.2) is 67.7 Å². The van der Waals surface area contributed by atoms with E-state index in [9.17, 15) is 19.2 Å². The van der Waals surface area contributed by atoms with Crippen molar-refractivity contribution >= 4 is 23.5 Å². The molecule has 0 saturated heterocycles. The molecule has 0 saturated carbocycles. The van der Waals surface area contributed by atoms with Gasteiger partial charge in [-0.05, 0) is 51.4 Å². The zero-order valence-electron chi connectivity index (χ0n) is 19.9. The van der Waals surface area contributed by atoms with Crippen molar-refractivity contribution in [3.8, 4) is 0 Å². The molecule has 0 fully saturated rings. The van der Waals surface area contributed by atoms with E-state index in [1.54, 1.807) is 6.92 Å². The van der Waals surface area contributed by atoms with E-state index in [0.717, 1.165) is 18.5 Å². The van der Waals surface area contributed by atoms with Gasteiger partial charge in [-0.15, -0.1) is 0 Å². The summed E-state index contributed by atoms with van der Waals surface area (Å²) >= 11 is 0. The Kier molecular flexibility index (Phi) is 12.2. The predicted molar refractivity (Wildman–Crippen MR) is 125 cm³/mol. The minimum absolute atomic E-state index is 0.178. The molecule has 0 spiro atoms. The second kappa shape index (κ2) is 14.3. The van der Waals surface area contributed by atoms with E-state index < -0.39 is 29.7 Å². The van der Waals surface area contributed by atoms with E-state index in [1.165, 1.54) is 0 Å². The zero-order chi connectivity index (χ0) is 24.1. The van der Waals surface area contributed by atoms with Crippen LogP contribution < -0.4 is 16.0 Å². The summed E-state index contributed by atoms with van der Waals surface area (Å²) in [6, 6.07) is 7.92. The minimum Gasteiger partial charge on any atom is -0.349 e. The number of benzene rings is 1. The summed E-state index contributed by atoms with van der Waals surface area (Å²) in [5.74, 6) is -2.26. The molecule has 0 heterocycles. The van der Waals surface area contributed by atoms with Crippen molar-refractivity contribution in [3.63, 3.8) is 0 Å². The van der Waals surface area contributed by atoms with Crippen molar-refractivity contribution in [1.82, 2.24) is 20.9 Å². The molecular formula is C24H38N4O4. The molecule has 0 radical (unpaired) electrons. The van der Waals surface area contributed by atoms with Crippen LogP contribution in [0.2, 0.25) is 0 Å². The van der Waals surface area contributed by atoms with Crippen molar-refractivity contribution in [2.75, 3.05) is 27.2 Å². The number of rotatable bonds is 14. The number of carbonyl (C=O) groups excluding carboxylic acids is 4. The second-order valence-corrected chi connectivity index (χ2v) is 8.52. The van der Waals surface area contributed by atoms with Crippen LogP contribution in [0.5, 0.6) is 0 Å². The van der Waals surface area contributed by atoms with Gasteiger partial charge in [0.1, 0.15) is 6.04 Å². The lowest BCUT2D eigenvalue weighted by atomic mass is 10.0. The van der Waals surface area contributed by atoms with Crippen LogP contribution in [0.3, 0.4) is 0 Å². The van der Waals surface area contributed by atoms with Gasteiger partial charge >= 0.3 is 0 Å². The monoisotopic (exact) mass is 446 g/mol. The quantitative estimate of drug-likeness (QED) is 0.295. The number of amides is 3. The van der Waals surface area contributed by atoms with Crippen LogP contribution in [0.4, 0.5) is 0 Å². The Morgan fingerprint density at radius 1 is 1.00 bits per heavy atom. The fourth-order valence-corrected chi connectivity index (χ4v) is 3.14. The van der Waals surface area contributed by atoms with Crippen molar-refractivity contribution in [3.05, 3.63) is 35.9 Å². The highest BCUT2D eigenvalue weighted by Gasteiger charge is 2.30. The Hall–Kier alpha value is -2.74. The van der Waals surface area contributed by atoms with E-state index in [2.05, 4.69) is 16.0 Å². The molecule has 0 bridgehead atoms. The first-order valence-corrected chi connectivity index (χ1v) is 11.3. The van der Waals surface area contributed by atoms with Gasteiger partial charge < -0.3 is 20.9 Å². The molecule has 0 aliphatic heterocycles. The fraction of sp³-hybridized carbons (Fsp3) is 0.583. The molecule has 3 amide bonds. The van der Waals surface area contributed by atoms with Gasteiger partial charge in [0.25, 0.3) is 5.91 Å².